The summed E-state index contributed by atoms with van der Waals surface area (Å²) in [6.07, 6.45) is 0. The minimum atomic E-state index is -0.597. The monoisotopic (exact) mass is 269 g/mol. The van der Waals surface area contributed by atoms with Gasteiger partial charge in [0.1, 0.15) is 0 Å². The molecule has 0 aliphatic rings. The standard InChI is InChI=1S/C13H16ClNO3/c1-9(2)7-15-12(16)8-18-13(17)10-5-3-4-6-11(10)14/h3-6,9H,7-8H2,1-2H3,(H,15,16). The third-order valence-corrected chi connectivity index (χ3v) is 2.47. The topological polar surface area (TPSA) is 55.4 Å². The van der Waals surface area contributed by atoms with Crippen LogP contribution in [-0.2, 0) is 9.53 Å². The molecule has 0 unspecified atom stereocenters. The molecule has 0 aromatic heterocycles. The Morgan fingerprint density at radius 2 is 2.00 bits per heavy atom. The van der Waals surface area contributed by atoms with Crippen LogP contribution in [0.1, 0.15) is 24.2 Å². The molecule has 1 amide bonds. The highest BCUT2D eigenvalue weighted by Gasteiger charge is 2.12. The van der Waals surface area contributed by atoms with E-state index in [1.165, 1.54) is 0 Å². The van der Waals surface area contributed by atoms with Crippen molar-refractivity contribution in [2.45, 2.75) is 13.8 Å². The van der Waals surface area contributed by atoms with Crippen molar-refractivity contribution in [3.63, 3.8) is 0 Å². The largest absolute Gasteiger partial charge is 0.452 e. The Morgan fingerprint density at radius 1 is 1.33 bits per heavy atom. The van der Waals surface area contributed by atoms with Gasteiger partial charge in [-0.2, -0.15) is 0 Å². The van der Waals surface area contributed by atoms with Crippen molar-refractivity contribution in [2.24, 2.45) is 5.92 Å². The van der Waals surface area contributed by atoms with Gasteiger partial charge in [0.25, 0.3) is 5.91 Å². The van der Waals surface area contributed by atoms with Crippen LogP contribution in [-0.4, -0.2) is 25.0 Å². The Bertz CT molecular complexity index is 432. The summed E-state index contributed by atoms with van der Waals surface area (Å²) in [6, 6.07) is 6.55. The summed E-state index contributed by atoms with van der Waals surface area (Å²) in [7, 11) is 0. The van der Waals surface area contributed by atoms with Gasteiger partial charge in [0, 0.05) is 6.54 Å². The molecule has 0 bridgehead atoms. The fourth-order valence-electron chi connectivity index (χ4n) is 1.20. The van der Waals surface area contributed by atoms with Crippen molar-refractivity contribution in [1.29, 1.82) is 0 Å². The van der Waals surface area contributed by atoms with Crippen LogP contribution in [0.2, 0.25) is 5.02 Å². The van der Waals surface area contributed by atoms with E-state index in [1.807, 2.05) is 13.8 Å². The van der Waals surface area contributed by atoms with Gasteiger partial charge in [-0.1, -0.05) is 37.6 Å². The second-order valence-electron chi connectivity index (χ2n) is 4.25. The van der Waals surface area contributed by atoms with Crippen LogP contribution >= 0.6 is 11.6 Å². The van der Waals surface area contributed by atoms with Crippen molar-refractivity contribution in [3.8, 4) is 0 Å². The number of ether oxygens (including phenoxy) is 1. The maximum absolute atomic E-state index is 11.6. The van der Waals surface area contributed by atoms with E-state index in [0.29, 0.717) is 17.5 Å². The number of carbonyl (C=O) groups excluding carboxylic acids is 2. The predicted octanol–water partition coefficient (Wildman–Crippen LogP) is 2.27. The lowest BCUT2D eigenvalue weighted by atomic mass is 10.2. The van der Waals surface area contributed by atoms with E-state index in [9.17, 15) is 9.59 Å². The first-order valence-corrected chi connectivity index (χ1v) is 6.07. The third kappa shape index (κ3) is 4.75. The summed E-state index contributed by atoms with van der Waals surface area (Å²) in [5.41, 5.74) is 0.260. The van der Waals surface area contributed by atoms with Crippen molar-refractivity contribution >= 4 is 23.5 Å². The highest BCUT2D eigenvalue weighted by molar-refractivity contribution is 6.33. The molecule has 5 heteroatoms. The van der Waals surface area contributed by atoms with Gasteiger partial charge >= 0.3 is 5.97 Å². The molecule has 18 heavy (non-hydrogen) atoms. The summed E-state index contributed by atoms with van der Waals surface area (Å²) < 4.78 is 4.87. The third-order valence-electron chi connectivity index (χ3n) is 2.14. The van der Waals surface area contributed by atoms with Crippen molar-refractivity contribution in [2.75, 3.05) is 13.2 Å². The summed E-state index contributed by atoms with van der Waals surface area (Å²) in [4.78, 5) is 23.0. The van der Waals surface area contributed by atoms with E-state index >= 15 is 0 Å². The summed E-state index contributed by atoms with van der Waals surface area (Å²) in [6.45, 7) is 4.23. The molecule has 4 nitrogen and oxygen atoms in total. The number of carbonyl (C=O) groups is 2. The number of esters is 1. The smallest absolute Gasteiger partial charge is 0.340 e. The van der Waals surface area contributed by atoms with E-state index in [4.69, 9.17) is 16.3 Å². The zero-order valence-corrected chi connectivity index (χ0v) is 11.2. The number of benzene rings is 1. The zero-order chi connectivity index (χ0) is 13.5. The Kier molecular flexibility index (Phi) is 5.65. The molecule has 1 rings (SSSR count). The lowest BCUT2D eigenvalue weighted by Gasteiger charge is -2.08. The van der Waals surface area contributed by atoms with E-state index in [-0.39, 0.29) is 18.1 Å². The molecular weight excluding hydrogens is 254 g/mol. The van der Waals surface area contributed by atoms with E-state index in [1.54, 1.807) is 24.3 Å². The van der Waals surface area contributed by atoms with Gasteiger partial charge in [-0.3, -0.25) is 4.79 Å². The van der Waals surface area contributed by atoms with Crippen LogP contribution in [0.3, 0.4) is 0 Å². The average Bonchev–Trinajstić information content (AvgIpc) is 2.34. The number of hydrogen-bond acceptors (Lipinski definition) is 3. The molecule has 0 aliphatic carbocycles. The number of amides is 1. The number of hydrogen-bond donors (Lipinski definition) is 1. The molecule has 0 atom stereocenters. The highest BCUT2D eigenvalue weighted by Crippen LogP contribution is 2.15. The average molecular weight is 270 g/mol. The first-order valence-electron chi connectivity index (χ1n) is 5.69. The van der Waals surface area contributed by atoms with Crippen LogP contribution in [0, 0.1) is 5.92 Å². The van der Waals surface area contributed by atoms with Crippen LogP contribution in [0.15, 0.2) is 24.3 Å². The molecule has 0 spiro atoms. The maximum atomic E-state index is 11.6. The van der Waals surface area contributed by atoms with Gasteiger partial charge in [-0.05, 0) is 18.1 Å². The molecule has 1 aromatic rings. The highest BCUT2D eigenvalue weighted by atomic mass is 35.5. The number of nitrogens with one attached hydrogen (secondary N) is 1. The Balaban J connectivity index is 2.42. The van der Waals surface area contributed by atoms with Gasteiger partial charge < -0.3 is 10.1 Å². The van der Waals surface area contributed by atoms with Crippen LogP contribution in [0.4, 0.5) is 0 Å². The molecule has 0 aliphatic heterocycles. The van der Waals surface area contributed by atoms with Crippen LogP contribution < -0.4 is 5.32 Å². The first kappa shape index (κ1) is 14.5. The van der Waals surface area contributed by atoms with Crippen molar-refractivity contribution in [1.82, 2.24) is 5.32 Å². The Morgan fingerprint density at radius 3 is 2.61 bits per heavy atom. The molecule has 1 aromatic carbocycles. The van der Waals surface area contributed by atoms with E-state index in [0.717, 1.165) is 0 Å². The van der Waals surface area contributed by atoms with E-state index < -0.39 is 5.97 Å². The van der Waals surface area contributed by atoms with Gasteiger partial charge in [-0.15, -0.1) is 0 Å². The van der Waals surface area contributed by atoms with Gasteiger partial charge in [0.05, 0.1) is 10.6 Å². The fourth-order valence-corrected chi connectivity index (χ4v) is 1.42. The Labute approximate surface area is 111 Å². The van der Waals surface area contributed by atoms with Gasteiger partial charge in [0.2, 0.25) is 0 Å². The maximum Gasteiger partial charge on any atom is 0.340 e. The molecule has 98 valence electrons. The first-order chi connectivity index (χ1) is 8.50. The minimum absolute atomic E-state index is 0.260. The van der Waals surface area contributed by atoms with Gasteiger partial charge in [-0.25, -0.2) is 4.79 Å². The molecule has 1 N–H and O–H groups in total. The zero-order valence-electron chi connectivity index (χ0n) is 10.4. The number of rotatable bonds is 5. The molecular formula is C13H16ClNO3. The second kappa shape index (κ2) is 7.01. The summed E-state index contributed by atoms with van der Waals surface area (Å²) >= 11 is 5.84. The Hall–Kier alpha value is -1.55. The van der Waals surface area contributed by atoms with E-state index in [2.05, 4.69) is 5.32 Å². The number of halogens is 1. The van der Waals surface area contributed by atoms with Crippen LogP contribution in [0.25, 0.3) is 0 Å². The molecule has 0 radical (unpaired) electrons. The quantitative estimate of drug-likeness (QED) is 0.835. The summed E-state index contributed by atoms with van der Waals surface area (Å²) in [5, 5.41) is 2.96. The second-order valence-corrected chi connectivity index (χ2v) is 4.66. The predicted molar refractivity (Wildman–Crippen MR) is 69.6 cm³/mol. The summed E-state index contributed by atoms with van der Waals surface area (Å²) in [5.74, 6) is -0.558. The van der Waals surface area contributed by atoms with Gasteiger partial charge in [0.15, 0.2) is 6.61 Å². The lowest BCUT2D eigenvalue weighted by molar-refractivity contribution is -0.124. The molecule has 0 saturated carbocycles. The molecule has 0 heterocycles. The minimum Gasteiger partial charge on any atom is -0.452 e. The fraction of sp³-hybridized carbons (Fsp3) is 0.385. The van der Waals surface area contributed by atoms with Crippen molar-refractivity contribution < 1.29 is 14.3 Å². The SMILES string of the molecule is CC(C)CNC(=O)COC(=O)c1ccccc1Cl. The molecule has 0 saturated heterocycles. The lowest BCUT2D eigenvalue weighted by Crippen LogP contribution is -2.31. The normalized spacial score (nSPS) is 10.2. The molecule has 0 fully saturated rings. The van der Waals surface area contributed by atoms with Crippen LogP contribution in [0.5, 0.6) is 0 Å². The van der Waals surface area contributed by atoms with Crippen molar-refractivity contribution in [3.05, 3.63) is 34.9 Å².